The Hall–Kier alpha value is -1.62. The van der Waals surface area contributed by atoms with Gasteiger partial charge in [0, 0.05) is 30.9 Å². The highest BCUT2D eigenvalue weighted by Gasteiger charge is 2.13. The van der Waals surface area contributed by atoms with Crippen LogP contribution in [0.25, 0.3) is 0 Å². The maximum Gasteiger partial charge on any atom is 0.138 e. The number of hydrogen-bond acceptors (Lipinski definition) is 4. The Morgan fingerprint density at radius 2 is 2.29 bits per heavy atom. The van der Waals surface area contributed by atoms with Gasteiger partial charge in [-0.15, -0.1) is 0 Å². The van der Waals surface area contributed by atoms with Gasteiger partial charge in [-0.25, -0.2) is 4.98 Å². The largest absolute Gasteiger partial charge is 0.361 e. The molecule has 0 unspecified atom stereocenters. The molecule has 5 nitrogen and oxygen atoms in total. The van der Waals surface area contributed by atoms with Gasteiger partial charge in [0.15, 0.2) is 0 Å². The van der Waals surface area contributed by atoms with E-state index in [1.165, 1.54) is 0 Å². The van der Waals surface area contributed by atoms with E-state index in [2.05, 4.69) is 26.9 Å². The summed E-state index contributed by atoms with van der Waals surface area (Å²) in [5.74, 6) is 1.96. The SMILES string of the molecule is CCc1nccn1Cc1c(CNC)noc1C. The zero-order valence-electron chi connectivity index (χ0n) is 10.5. The highest BCUT2D eigenvalue weighted by Crippen LogP contribution is 2.15. The molecule has 0 saturated carbocycles. The molecular weight excluding hydrogens is 216 g/mol. The van der Waals surface area contributed by atoms with Crippen LogP contribution in [-0.2, 0) is 19.5 Å². The van der Waals surface area contributed by atoms with Crippen LogP contribution in [0.3, 0.4) is 0 Å². The summed E-state index contributed by atoms with van der Waals surface area (Å²) in [7, 11) is 1.91. The molecule has 0 atom stereocenters. The minimum Gasteiger partial charge on any atom is -0.361 e. The van der Waals surface area contributed by atoms with Gasteiger partial charge >= 0.3 is 0 Å². The molecule has 0 bridgehead atoms. The van der Waals surface area contributed by atoms with E-state index in [4.69, 9.17) is 4.52 Å². The fraction of sp³-hybridized carbons (Fsp3) is 0.500. The van der Waals surface area contributed by atoms with Gasteiger partial charge in [0.05, 0.1) is 6.54 Å². The number of aryl methyl sites for hydroxylation is 2. The molecule has 0 aliphatic rings. The van der Waals surface area contributed by atoms with Crippen molar-refractivity contribution < 1.29 is 4.52 Å². The van der Waals surface area contributed by atoms with Crippen LogP contribution in [0.15, 0.2) is 16.9 Å². The summed E-state index contributed by atoms with van der Waals surface area (Å²) in [4.78, 5) is 4.32. The molecule has 1 N–H and O–H groups in total. The molecule has 0 saturated heterocycles. The lowest BCUT2D eigenvalue weighted by Crippen LogP contribution is -2.11. The van der Waals surface area contributed by atoms with Crippen LogP contribution in [0.2, 0.25) is 0 Å². The molecule has 0 radical (unpaired) electrons. The van der Waals surface area contributed by atoms with Gasteiger partial charge in [-0.2, -0.15) is 0 Å². The van der Waals surface area contributed by atoms with E-state index in [-0.39, 0.29) is 0 Å². The third-order valence-corrected chi connectivity index (χ3v) is 2.86. The zero-order valence-corrected chi connectivity index (χ0v) is 10.5. The van der Waals surface area contributed by atoms with Crippen molar-refractivity contribution in [2.75, 3.05) is 7.05 Å². The van der Waals surface area contributed by atoms with Crippen LogP contribution in [0.5, 0.6) is 0 Å². The molecule has 17 heavy (non-hydrogen) atoms. The van der Waals surface area contributed by atoms with Crippen LogP contribution < -0.4 is 5.32 Å². The van der Waals surface area contributed by atoms with Crippen LogP contribution in [0.1, 0.15) is 29.8 Å². The summed E-state index contributed by atoms with van der Waals surface area (Å²) in [6.45, 7) is 5.55. The lowest BCUT2D eigenvalue weighted by Gasteiger charge is -2.06. The number of rotatable bonds is 5. The van der Waals surface area contributed by atoms with E-state index in [0.29, 0.717) is 0 Å². The molecule has 2 rings (SSSR count). The van der Waals surface area contributed by atoms with Gasteiger partial charge in [-0.1, -0.05) is 12.1 Å². The zero-order chi connectivity index (χ0) is 12.3. The summed E-state index contributed by atoms with van der Waals surface area (Å²) in [6, 6.07) is 0. The second-order valence-electron chi connectivity index (χ2n) is 4.02. The van der Waals surface area contributed by atoms with Crippen molar-refractivity contribution in [3.05, 3.63) is 35.2 Å². The molecule has 0 aliphatic carbocycles. The predicted molar refractivity (Wildman–Crippen MR) is 64.7 cm³/mol. The van der Waals surface area contributed by atoms with E-state index >= 15 is 0 Å². The Morgan fingerprint density at radius 3 is 3.00 bits per heavy atom. The molecule has 2 aromatic rings. The first kappa shape index (κ1) is 11.9. The van der Waals surface area contributed by atoms with Crippen LogP contribution >= 0.6 is 0 Å². The molecule has 0 aliphatic heterocycles. The molecule has 92 valence electrons. The number of imidazole rings is 1. The number of nitrogens with zero attached hydrogens (tertiary/aromatic N) is 3. The van der Waals surface area contributed by atoms with Gasteiger partial charge in [0.2, 0.25) is 0 Å². The third kappa shape index (κ3) is 2.39. The fourth-order valence-corrected chi connectivity index (χ4v) is 1.91. The summed E-state index contributed by atoms with van der Waals surface area (Å²) in [5, 5.41) is 7.17. The van der Waals surface area contributed by atoms with Gasteiger partial charge < -0.3 is 14.4 Å². The van der Waals surface area contributed by atoms with Crippen LogP contribution in [0, 0.1) is 6.92 Å². The summed E-state index contributed by atoms with van der Waals surface area (Å²) < 4.78 is 7.38. The van der Waals surface area contributed by atoms with Crippen molar-refractivity contribution in [2.45, 2.75) is 33.4 Å². The highest BCUT2D eigenvalue weighted by molar-refractivity contribution is 5.23. The molecule has 0 aromatic carbocycles. The van der Waals surface area contributed by atoms with Crippen molar-refractivity contribution in [1.29, 1.82) is 0 Å². The lowest BCUT2D eigenvalue weighted by molar-refractivity contribution is 0.388. The normalized spacial score (nSPS) is 11.0. The average molecular weight is 234 g/mol. The topological polar surface area (TPSA) is 55.9 Å². The monoisotopic (exact) mass is 234 g/mol. The van der Waals surface area contributed by atoms with Crippen LogP contribution in [0.4, 0.5) is 0 Å². The second kappa shape index (κ2) is 5.14. The Bertz CT molecular complexity index is 486. The first-order chi connectivity index (χ1) is 8.26. The van der Waals surface area contributed by atoms with E-state index in [1.54, 1.807) is 0 Å². The second-order valence-corrected chi connectivity index (χ2v) is 4.02. The first-order valence-corrected chi connectivity index (χ1v) is 5.84. The van der Waals surface area contributed by atoms with E-state index in [0.717, 1.165) is 42.4 Å². The van der Waals surface area contributed by atoms with Gasteiger partial charge in [-0.05, 0) is 14.0 Å². The summed E-state index contributed by atoms with van der Waals surface area (Å²) in [6.07, 6.45) is 4.76. The highest BCUT2D eigenvalue weighted by atomic mass is 16.5. The molecule has 2 heterocycles. The first-order valence-electron chi connectivity index (χ1n) is 5.84. The standard InChI is InChI=1S/C12H18N4O/c1-4-12-14-5-6-16(12)8-10-9(2)17-15-11(10)7-13-3/h5-6,13H,4,7-8H2,1-3H3. The molecule has 0 spiro atoms. The molecule has 0 fully saturated rings. The van der Waals surface area contributed by atoms with Crippen molar-refractivity contribution in [3.63, 3.8) is 0 Å². The minimum absolute atomic E-state index is 0.725. The predicted octanol–water partition coefficient (Wildman–Crippen LogP) is 1.51. The van der Waals surface area contributed by atoms with E-state index in [1.807, 2.05) is 26.4 Å². The van der Waals surface area contributed by atoms with E-state index in [9.17, 15) is 0 Å². The maximum atomic E-state index is 5.25. The molecule has 0 amide bonds. The van der Waals surface area contributed by atoms with E-state index < -0.39 is 0 Å². The van der Waals surface area contributed by atoms with Gasteiger partial charge in [0.1, 0.15) is 17.3 Å². The average Bonchev–Trinajstić information content (AvgIpc) is 2.90. The third-order valence-electron chi connectivity index (χ3n) is 2.86. The smallest absolute Gasteiger partial charge is 0.138 e. The Balaban J connectivity index is 2.26. The summed E-state index contributed by atoms with van der Waals surface area (Å²) in [5.41, 5.74) is 2.12. The number of aromatic nitrogens is 3. The minimum atomic E-state index is 0.725. The number of nitrogens with one attached hydrogen (secondary N) is 1. The Kier molecular flexibility index (Phi) is 3.58. The van der Waals surface area contributed by atoms with Crippen molar-refractivity contribution >= 4 is 0 Å². The summed E-state index contributed by atoms with van der Waals surface area (Å²) >= 11 is 0. The van der Waals surface area contributed by atoms with Gasteiger partial charge in [0.25, 0.3) is 0 Å². The Labute approximate surface area is 101 Å². The van der Waals surface area contributed by atoms with Crippen molar-refractivity contribution in [1.82, 2.24) is 20.0 Å². The molecule has 2 aromatic heterocycles. The van der Waals surface area contributed by atoms with Crippen molar-refractivity contribution in [3.8, 4) is 0 Å². The number of hydrogen-bond donors (Lipinski definition) is 1. The maximum absolute atomic E-state index is 5.25. The van der Waals surface area contributed by atoms with Gasteiger partial charge in [-0.3, -0.25) is 0 Å². The molecular formula is C12H18N4O. The fourth-order valence-electron chi connectivity index (χ4n) is 1.91. The van der Waals surface area contributed by atoms with Crippen LogP contribution in [-0.4, -0.2) is 21.8 Å². The quantitative estimate of drug-likeness (QED) is 0.852. The Morgan fingerprint density at radius 1 is 1.47 bits per heavy atom. The lowest BCUT2D eigenvalue weighted by atomic mass is 10.2. The van der Waals surface area contributed by atoms with Crippen molar-refractivity contribution in [2.24, 2.45) is 0 Å². The molecule has 5 heteroatoms.